The van der Waals surface area contributed by atoms with Crippen LogP contribution in [0.25, 0.3) is 0 Å². The average molecular weight is 448 g/mol. The van der Waals surface area contributed by atoms with Crippen LogP contribution in [0.4, 0.5) is 21.5 Å². The molecule has 1 N–H and O–H groups in total. The smallest absolute Gasteiger partial charge is 0.293 e. The number of piperidine rings is 1. The van der Waals surface area contributed by atoms with Gasteiger partial charge in [0.25, 0.3) is 5.69 Å². The van der Waals surface area contributed by atoms with Gasteiger partial charge in [-0.1, -0.05) is 0 Å². The molecule has 2 aromatic carbocycles. The van der Waals surface area contributed by atoms with Crippen molar-refractivity contribution in [3.63, 3.8) is 0 Å². The molecule has 168 valence electrons. The molecular formula is C23H21FN6O3. The van der Waals surface area contributed by atoms with Crippen LogP contribution < -0.4 is 10.2 Å². The third kappa shape index (κ3) is 4.52. The van der Waals surface area contributed by atoms with Gasteiger partial charge in [-0.05, 0) is 43.2 Å². The topological polar surface area (TPSA) is 117 Å². The molecule has 9 nitrogen and oxygen atoms in total. The zero-order valence-corrected chi connectivity index (χ0v) is 17.9. The minimum Gasteiger partial charge on any atom is -0.375 e. The van der Waals surface area contributed by atoms with Crippen LogP contribution in [0.5, 0.6) is 0 Å². The summed E-state index contributed by atoms with van der Waals surface area (Å²) in [6, 6.07) is 10.4. The number of nitrogens with one attached hydrogen (secondary N) is 1. The van der Waals surface area contributed by atoms with Crippen LogP contribution in [0.3, 0.4) is 0 Å². The molecule has 1 unspecified atom stereocenters. The van der Waals surface area contributed by atoms with Gasteiger partial charge in [-0.3, -0.25) is 14.9 Å². The standard InChI is InChI=1S/C23H21FN6O3/c1-28-10-8-26-23(28)22(31)16-5-6-19(21(12-16)30(32)33)27-17-3-2-9-29(14-17)20-7-4-15(13-25)11-18(20)24/h4-8,10-12,17,27H,2-3,9,14H2,1H3. The third-order valence-corrected chi connectivity index (χ3v) is 5.68. The molecule has 0 bridgehead atoms. The van der Waals surface area contributed by atoms with Crippen molar-refractivity contribution in [3.05, 3.63) is 81.7 Å². The van der Waals surface area contributed by atoms with Crippen molar-refractivity contribution in [2.24, 2.45) is 7.05 Å². The summed E-state index contributed by atoms with van der Waals surface area (Å²) >= 11 is 0. The first-order chi connectivity index (χ1) is 15.9. The van der Waals surface area contributed by atoms with Crippen molar-refractivity contribution in [2.45, 2.75) is 18.9 Å². The molecular weight excluding hydrogens is 427 g/mol. The van der Waals surface area contributed by atoms with Crippen LogP contribution in [0.15, 0.2) is 48.8 Å². The number of hydrogen-bond acceptors (Lipinski definition) is 7. The molecule has 1 aliphatic rings. The van der Waals surface area contributed by atoms with Crippen molar-refractivity contribution in [3.8, 4) is 6.07 Å². The fraction of sp³-hybridized carbons (Fsp3) is 0.261. The number of anilines is 2. The third-order valence-electron chi connectivity index (χ3n) is 5.68. The average Bonchev–Trinajstić information content (AvgIpc) is 3.24. The van der Waals surface area contributed by atoms with Gasteiger partial charge >= 0.3 is 0 Å². The number of benzene rings is 2. The van der Waals surface area contributed by atoms with E-state index in [4.69, 9.17) is 5.26 Å². The number of nitro benzene ring substituents is 1. The molecule has 33 heavy (non-hydrogen) atoms. The number of carbonyl (C=O) groups excluding carboxylic acids is 1. The van der Waals surface area contributed by atoms with Gasteiger partial charge < -0.3 is 14.8 Å². The van der Waals surface area contributed by atoms with E-state index >= 15 is 0 Å². The molecule has 10 heteroatoms. The van der Waals surface area contributed by atoms with Gasteiger partial charge in [0.1, 0.15) is 11.5 Å². The van der Waals surface area contributed by atoms with E-state index in [2.05, 4.69) is 10.3 Å². The van der Waals surface area contributed by atoms with Gasteiger partial charge in [0.2, 0.25) is 5.78 Å². The van der Waals surface area contributed by atoms with Gasteiger partial charge in [-0.2, -0.15) is 5.26 Å². The molecule has 2 heterocycles. The Balaban J connectivity index is 1.54. The maximum Gasteiger partial charge on any atom is 0.293 e. The van der Waals surface area contributed by atoms with Crippen LogP contribution in [-0.4, -0.2) is 39.4 Å². The highest BCUT2D eigenvalue weighted by molar-refractivity contribution is 6.07. The van der Waals surface area contributed by atoms with E-state index < -0.39 is 16.5 Å². The number of nitrogens with zero attached hydrogens (tertiary/aromatic N) is 5. The Morgan fingerprint density at radius 2 is 2.15 bits per heavy atom. The Morgan fingerprint density at radius 1 is 1.33 bits per heavy atom. The molecule has 0 radical (unpaired) electrons. The minimum absolute atomic E-state index is 0.163. The molecule has 1 aliphatic heterocycles. The summed E-state index contributed by atoms with van der Waals surface area (Å²) in [5.74, 6) is -0.688. The predicted octanol–water partition coefficient (Wildman–Crippen LogP) is 3.65. The van der Waals surface area contributed by atoms with E-state index in [1.165, 1.54) is 30.5 Å². The van der Waals surface area contributed by atoms with Gasteiger partial charge in [0.15, 0.2) is 5.82 Å². The zero-order chi connectivity index (χ0) is 23.5. The number of ketones is 1. The van der Waals surface area contributed by atoms with Crippen LogP contribution in [0.1, 0.15) is 34.6 Å². The first-order valence-corrected chi connectivity index (χ1v) is 10.4. The fourth-order valence-corrected chi connectivity index (χ4v) is 4.03. The van der Waals surface area contributed by atoms with Gasteiger partial charge in [-0.25, -0.2) is 9.37 Å². The lowest BCUT2D eigenvalue weighted by atomic mass is 10.0. The van der Waals surface area contributed by atoms with E-state index in [-0.39, 0.29) is 28.7 Å². The van der Waals surface area contributed by atoms with E-state index in [0.29, 0.717) is 24.5 Å². The van der Waals surface area contributed by atoms with Gasteiger partial charge in [0.05, 0.1) is 22.2 Å². The maximum absolute atomic E-state index is 14.5. The SMILES string of the molecule is Cn1ccnc1C(=O)c1ccc(NC2CCCN(c3ccc(C#N)cc3F)C2)c([N+](=O)[O-])c1. The van der Waals surface area contributed by atoms with Crippen LogP contribution >= 0.6 is 0 Å². The quantitative estimate of drug-likeness (QED) is 0.347. The summed E-state index contributed by atoms with van der Waals surface area (Å²) in [4.78, 5) is 29.8. The Hall–Kier alpha value is -4.26. The summed E-state index contributed by atoms with van der Waals surface area (Å²) in [5, 5.41) is 23.9. The Bertz CT molecular complexity index is 1270. The number of nitriles is 1. The maximum atomic E-state index is 14.5. The zero-order valence-electron chi connectivity index (χ0n) is 17.9. The van der Waals surface area contributed by atoms with Crippen LogP contribution in [0, 0.1) is 27.3 Å². The second-order valence-corrected chi connectivity index (χ2v) is 7.89. The van der Waals surface area contributed by atoms with Gasteiger partial charge in [0, 0.05) is 50.2 Å². The summed E-state index contributed by atoms with van der Waals surface area (Å²) in [5.41, 5.74) is 0.900. The number of imidazole rings is 1. The summed E-state index contributed by atoms with van der Waals surface area (Å²) < 4.78 is 16.0. The predicted molar refractivity (Wildman–Crippen MR) is 120 cm³/mol. The summed E-state index contributed by atoms with van der Waals surface area (Å²) in [6.07, 6.45) is 4.63. The molecule has 1 atom stereocenters. The molecule has 3 aromatic rings. The molecule has 0 amide bonds. The molecule has 4 rings (SSSR count). The minimum atomic E-state index is -0.529. The van der Waals surface area contributed by atoms with E-state index in [1.807, 2.05) is 11.0 Å². The monoisotopic (exact) mass is 448 g/mol. The number of hydrogen-bond donors (Lipinski definition) is 1. The second-order valence-electron chi connectivity index (χ2n) is 7.89. The highest BCUT2D eigenvalue weighted by atomic mass is 19.1. The second kappa shape index (κ2) is 9.08. The lowest BCUT2D eigenvalue weighted by Crippen LogP contribution is -2.42. The lowest BCUT2D eigenvalue weighted by Gasteiger charge is -2.35. The number of rotatable bonds is 6. The Labute approximate surface area is 189 Å². The molecule has 0 aliphatic carbocycles. The van der Waals surface area contributed by atoms with Crippen LogP contribution in [0.2, 0.25) is 0 Å². The normalized spacial score (nSPS) is 15.7. The van der Waals surface area contributed by atoms with Crippen molar-refractivity contribution in [2.75, 3.05) is 23.3 Å². The summed E-state index contributed by atoms with van der Waals surface area (Å²) in [7, 11) is 1.68. The van der Waals surface area contributed by atoms with E-state index in [9.17, 15) is 19.3 Å². The van der Waals surface area contributed by atoms with Crippen molar-refractivity contribution in [1.82, 2.24) is 9.55 Å². The first-order valence-electron chi connectivity index (χ1n) is 10.4. The molecule has 1 aromatic heterocycles. The van der Waals surface area contributed by atoms with Crippen molar-refractivity contribution >= 4 is 22.8 Å². The van der Waals surface area contributed by atoms with Crippen molar-refractivity contribution in [1.29, 1.82) is 5.26 Å². The number of nitro groups is 1. The van der Waals surface area contributed by atoms with E-state index in [1.54, 1.807) is 29.9 Å². The number of aromatic nitrogens is 2. The molecule has 1 fully saturated rings. The number of carbonyl (C=O) groups is 1. The first kappa shape index (κ1) is 22.0. The number of aryl methyl sites for hydroxylation is 1. The Kier molecular flexibility index (Phi) is 6.04. The number of halogens is 1. The largest absolute Gasteiger partial charge is 0.375 e. The van der Waals surface area contributed by atoms with Gasteiger partial charge in [-0.15, -0.1) is 0 Å². The summed E-state index contributed by atoms with van der Waals surface area (Å²) in [6.45, 7) is 1.08. The molecule has 0 spiro atoms. The van der Waals surface area contributed by atoms with E-state index in [0.717, 1.165) is 12.8 Å². The highest BCUT2D eigenvalue weighted by Crippen LogP contribution is 2.30. The highest BCUT2D eigenvalue weighted by Gasteiger charge is 2.26. The fourth-order valence-electron chi connectivity index (χ4n) is 4.03. The molecule has 0 saturated carbocycles. The van der Waals surface area contributed by atoms with Crippen molar-refractivity contribution < 1.29 is 14.1 Å². The van der Waals surface area contributed by atoms with Crippen LogP contribution in [-0.2, 0) is 7.05 Å². The Morgan fingerprint density at radius 3 is 2.82 bits per heavy atom. The lowest BCUT2D eigenvalue weighted by molar-refractivity contribution is -0.384. The molecule has 1 saturated heterocycles.